The van der Waals surface area contributed by atoms with Gasteiger partial charge in [-0.2, -0.15) is 0 Å². The molecule has 2 heterocycles. The van der Waals surface area contributed by atoms with Gasteiger partial charge in [0.1, 0.15) is 29.9 Å². The highest BCUT2D eigenvalue weighted by Crippen LogP contribution is 2.26. The van der Waals surface area contributed by atoms with Crippen molar-refractivity contribution in [3.05, 3.63) is 71.6 Å². The Bertz CT molecular complexity index is 1050. The van der Waals surface area contributed by atoms with Crippen LogP contribution in [0.3, 0.4) is 0 Å². The van der Waals surface area contributed by atoms with Crippen LogP contribution in [0.15, 0.2) is 59.0 Å². The second-order valence-electron chi connectivity index (χ2n) is 6.88. The summed E-state index contributed by atoms with van der Waals surface area (Å²) < 4.78 is 16.2. The minimum Gasteiger partial charge on any atom is -0.490 e. The van der Waals surface area contributed by atoms with Gasteiger partial charge in [-0.15, -0.1) is 0 Å². The monoisotopic (exact) mass is 408 g/mol. The molecule has 0 spiro atoms. The predicted molar refractivity (Wildman–Crippen MR) is 106 cm³/mol. The first-order chi connectivity index (χ1) is 14.5. The zero-order valence-corrected chi connectivity index (χ0v) is 16.2. The summed E-state index contributed by atoms with van der Waals surface area (Å²) in [5, 5.41) is 12.6. The Labute approximate surface area is 172 Å². The number of amides is 2. The van der Waals surface area contributed by atoms with Gasteiger partial charge in [-0.05, 0) is 36.8 Å². The number of cyclic esters (lactones) is 1. The molecule has 2 unspecified atom stereocenters. The summed E-state index contributed by atoms with van der Waals surface area (Å²) in [6, 6.07) is 16.5. The van der Waals surface area contributed by atoms with Gasteiger partial charge >= 0.3 is 6.09 Å². The molecule has 1 aliphatic rings. The summed E-state index contributed by atoms with van der Waals surface area (Å²) in [6.07, 6.45) is -2.22. The molecule has 0 radical (unpaired) electrons. The Morgan fingerprint density at radius 2 is 1.87 bits per heavy atom. The second kappa shape index (κ2) is 8.38. The lowest BCUT2D eigenvalue weighted by Gasteiger charge is -2.12. The molecule has 0 saturated carbocycles. The van der Waals surface area contributed by atoms with E-state index in [9.17, 15) is 14.7 Å². The molecular weight excluding hydrogens is 388 g/mol. The molecule has 154 valence electrons. The largest absolute Gasteiger partial charge is 0.490 e. The Balaban J connectivity index is 1.35. The van der Waals surface area contributed by atoms with Gasteiger partial charge in [0.15, 0.2) is 6.10 Å². The molecule has 2 atom stereocenters. The van der Waals surface area contributed by atoms with Crippen molar-refractivity contribution in [3.63, 3.8) is 0 Å². The van der Waals surface area contributed by atoms with E-state index < -0.39 is 24.2 Å². The molecule has 3 aromatic rings. The zero-order chi connectivity index (χ0) is 21.1. The first-order valence-corrected chi connectivity index (χ1v) is 9.43. The number of carbonyl (C=O) groups is 2. The smallest absolute Gasteiger partial charge is 0.414 e. The van der Waals surface area contributed by atoms with E-state index in [1.165, 1.54) is 0 Å². The van der Waals surface area contributed by atoms with Crippen LogP contribution in [0.1, 0.15) is 23.1 Å². The van der Waals surface area contributed by atoms with Crippen molar-refractivity contribution < 1.29 is 28.6 Å². The Morgan fingerprint density at radius 1 is 1.13 bits per heavy atom. The number of alkyl carbamates (subject to hydrolysis) is 1. The van der Waals surface area contributed by atoms with Crippen LogP contribution in [0.4, 0.5) is 4.79 Å². The average molecular weight is 408 g/mol. The molecule has 0 bridgehead atoms. The molecular formula is C22H20N2O6. The van der Waals surface area contributed by atoms with Gasteiger partial charge in [-0.1, -0.05) is 30.3 Å². The summed E-state index contributed by atoms with van der Waals surface area (Å²) in [7, 11) is 0. The molecule has 2 N–H and O–H groups in total. The van der Waals surface area contributed by atoms with Crippen molar-refractivity contribution in [2.24, 2.45) is 0 Å². The number of imide groups is 1. The fourth-order valence-electron chi connectivity index (χ4n) is 3.14. The topological polar surface area (TPSA) is 111 Å². The number of nitrogens with zero attached hydrogens (tertiary/aromatic N) is 1. The van der Waals surface area contributed by atoms with Crippen LogP contribution in [0.5, 0.6) is 5.75 Å². The lowest BCUT2D eigenvalue weighted by molar-refractivity contribution is -0.123. The van der Waals surface area contributed by atoms with Gasteiger partial charge in [-0.3, -0.25) is 10.1 Å². The maximum Gasteiger partial charge on any atom is 0.414 e. The number of ether oxygens (including phenoxy) is 2. The average Bonchev–Trinajstić information content (AvgIpc) is 3.29. The quantitative estimate of drug-likeness (QED) is 0.618. The molecule has 2 amide bonds. The Morgan fingerprint density at radius 3 is 2.53 bits per heavy atom. The summed E-state index contributed by atoms with van der Waals surface area (Å²) in [5.74, 6) is 1.09. The lowest BCUT2D eigenvalue weighted by Crippen LogP contribution is -2.25. The van der Waals surface area contributed by atoms with Gasteiger partial charge in [-0.25, -0.2) is 9.78 Å². The van der Waals surface area contributed by atoms with E-state index in [0.29, 0.717) is 23.1 Å². The number of aliphatic hydroxyl groups is 1. The third-order valence-corrected chi connectivity index (χ3v) is 4.69. The van der Waals surface area contributed by atoms with E-state index in [1.54, 1.807) is 31.2 Å². The highest BCUT2D eigenvalue weighted by Gasteiger charge is 2.32. The van der Waals surface area contributed by atoms with E-state index in [2.05, 4.69) is 10.3 Å². The van der Waals surface area contributed by atoms with Crippen LogP contribution >= 0.6 is 0 Å². The van der Waals surface area contributed by atoms with Crippen LogP contribution in [-0.2, 0) is 16.0 Å². The van der Waals surface area contributed by atoms with E-state index in [4.69, 9.17) is 13.9 Å². The first kappa shape index (κ1) is 19.7. The fraction of sp³-hybridized carbons (Fsp3) is 0.227. The van der Waals surface area contributed by atoms with Crippen LogP contribution in [0.25, 0.3) is 11.5 Å². The lowest BCUT2D eigenvalue weighted by atomic mass is 10.1. The van der Waals surface area contributed by atoms with Gasteiger partial charge < -0.3 is 19.0 Å². The van der Waals surface area contributed by atoms with E-state index in [0.717, 1.165) is 11.1 Å². The molecule has 1 aromatic heterocycles. The zero-order valence-electron chi connectivity index (χ0n) is 16.2. The molecule has 30 heavy (non-hydrogen) atoms. The molecule has 1 fully saturated rings. The number of aliphatic hydroxyl groups excluding tert-OH is 1. The Kier molecular flexibility index (Phi) is 5.49. The maximum absolute atomic E-state index is 11.6. The molecule has 2 aromatic carbocycles. The SMILES string of the molecule is Cc1oc(-c2ccccc2)nc1C(O)COc1ccc(CC2OC(=O)NC2=O)cc1. The summed E-state index contributed by atoms with van der Waals surface area (Å²) in [6.45, 7) is 1.75. The van der Waals surface area contributed by atoms with Crippen LogP contribution < -0.4 is 10.1 Å². The number of aromatic nitrogens is 1. The highest BCUT2D eigenvalue weighted by molar-refractivity contribution is 6.00. The summed E-state index contributed by atoms with van der Waals surface area (Å²) in [5.41, 5.74) is 2.08. The summed E-state index contributed by atoms with van der Waals surface area (Å²) >= 11 is 0. The van der Waals surface area contributed by atoms with Gasteiger partial charge in [0.2, 0.25) is 5.89 Å². The van der Waals surface area contributed by atoms with Crippen LogP contribution in [-0.4, -0.2) is 34.8 Å². The standard InChI is InChI=1S/C22H20N2O6/c1-13-19(23-21(29-13)15-5-3-2-4-6-15)17(25)12-28-16-9-7-14(8-10-16)11-18-20(26)24-22(27)30-18/h2-10,17-18,25H,11-12H2,1H3,(H,24,26,27). The van der Waals surface area contributed by atoms with Crippen molar-refractivity contribution in [2.75, 3.05) is 6.61 Å². The number of hydrogen-bond donors (Lipinski definition) is 2. The summed E-state index contributed by atoms with van der Waals surface area (Å²) in [4.78, 5) is 27.0. The number of benzene rings is 2. The minimum absolute atomic E-state index is 0.00357. The molecule has 8 heteroatoms. The van der Waals surface area contributed by atoms with Gasteiger partial charge in [0, 0.05) is 12.0 Å². The molecule has 4 rings (SSSR count). The predicted octanol–water partition coefficient (Wildman–Crippen LogP) is 2.94. The minimum atomic E-state index is -0.951. The molecule has 8 nitrogen and oxygen atoms in total. The number of oxazole rings is 1. The van der Waals surface area contributed by atoms with Crippen LogP contribution in [0.2, 0.25) is 0 Å². The number of nitrogens with one attached hydrogen (secondary N) is 1. The van der Waals surface area contributed by atoms with Crippen molar-refractivity contribution >= 4 is 12.0 Å². The first-order valence-electron chi connectivity index (χ1n) is 9.43. The van der Waals surface area contributed by atoms with Crippen molar-refractivity contribution in [2.45, 2.75) is 25.6 Å². The maximum atomic E-state index is 11.6. The molecule has 0 aliphatic carbocycles. The number of rotatable bonds is 7. The second-order valence-corrected chi connectivity index (χ2v) is 6.88. The van der Waals surface area contributed by atoms with E-state index >= 15 is 0 Å². The highest BCUT2D eigenvalue weighted by atomic mass is 16.6. The fourth-order valence-corrected chi connectivity index (χ4v) is 3.14. The number of aryl methyl sites for hydroxylation is 1. The van der Waals surface area contributed by atoms with Crippen molar-refractivity contribution in [1.82, 2.24) is 10.3 Å². The number of hydrogen-bond acceptors (Lipinski definition) is 7. The van der Waals surface area contributed by atoms with E-state index in [-0.39, 0.29) is 13.0 Å². The molecule has 1 saturated heterocycles. The Hall–Kier alpha value is -3.65. The van der Waals surface area contributed by atoms with Gasteiger partial charge in [0.05, 0.1) is 0 Å². The third kappa shape index (κ3) is 4.33. The molecule has 1 aliphatic heterocycles. The van der Waals surface area contributed by atoms with Crippen LogP contribution in [0, 0.1) is 6.92 Å². The van der Waals surface area contributed by atoms with Gasteiger partial charge in [0.25, 0.3) is 5.91 Å². The van der Waals surface area contributed by atoms with E-state index in [1.807, 2.05) is 30.3 Å². The van der Waals surface area contributed by atoms with Crippen molar-refractivity contribution in [3.8, 4) is 17.2 Å². The third-order valence-electron chi connectivity index (χ3n) is 4.69. The normalized spacial score (nSPS) is 16.8. The number of carbonyl (C=O) groups excluding carboxylic acids is 2. The van der Waals surface area contributed by atoms with Crippen molar-refractivity contribution in [1.29, 1.82) is 0 Å².